The number of hydrogen-bond acceptors (Lipinski definition) is 6. The van der Waals surface area contributed by atoms with Crippen LogP contribution in [-0.2, 0) is 4.79 Å². The van der Waals surface area contributed by atoms with Gasteiger partial charge in [0, 0.05) is 22.3 Å². The molecular formula is C25H22N2O6S. The molecule has 0 saturated carbocycles. The number of nitrogens with one attached hydrogen (secondary N) is 2. The van der Waals surface area contributed by atoms with E-state index >= 15 is 0 Å². The van der Waals surface area contributed by atoms with Crippen LogP contribution in [0.4, 0.5) is 11.4 Å². The van der Waals surface area contributed by atoms with Crippen LogP contribution in [0, 0.1) is 0 Å². The summed E-state index contributed by atoms with van der Waals surface area (Å²) in [7, 11) is 0. The first-order valence-electron chi connectivity index (χ1n) is 10.6. The predicted molar refractivity (Wildman–Crippen MR) is 129 cm³/mol. The van der Waals surface area contributed by atoms with Gasteiger partial charge in [0.25, 0.3) is 5.91 Å². The minimum Gasteiger partial charge on any atom is -0.478 e. The van der Waals surface area contributed by atoms with Crippen LogP contribution < -0.4 is 20.1 Å². The monoisotopic (exact) mass is 478 g/mol. The van der Waals surface area contributed by atoms with Gasteiger partial charge in [0.05, 0.1) is 16.4 Å². The molecule has 0 aromatic heterocycles. The van der Waals surface area contributed by atoms with Gasteiger partial charge in [-0.1, -0.05) is 25.1 Å². The third kappa shape index (κ3) is 5.32. The molecule has 0 aliphatic carbocycles. The smallest absolute Gasteiger partial charge is 0.336 e. The number of ether oxygens (including phenoxy) is 2. The van der Waals surface area contributed by atoms with E-state index in [1.54, 1.807) is 48.5 Å². The Bertz CT molecular complexity index is 1250. The number of anilines is 2. The van der Waals surface area contributed by atoms with Crippen molar-refractivity contribution >= 4 is 40.9 Å². The molecular weight excluding hydrogens is 456 g/mol. The summed E-state index contributed by atoms with van der Waals surface area (Å²) in [5, 5.41) is 14.6. The quantitative estimate of drug-likeness (QED) is 0.396. The number of amides is 2. The van der Waals surface area contributed by atoms with Gasteiger partial charge in [-0.2, -0.15) is 0 Å². The Labute approximate surface area is 200 Å². The van der Waals surface area contributed by atoms with Crippen molar-refractivity contribution in [2.45, 2.75) is 23.5 Å². The molecule has 0 spiro atoms. The van der Waals surface area contributed by atoms with Crippen LogP contribution >= 0.6 is 11.8 Å². The lowest BCUT2D eigenvalue weighted by atomic mass is 10.1. The number of carbonyl (C=O) groups excluding carboxylic acids is 2. The maximum absolute atomic E-state index is 12.9. The Hall–Kier alpha value is -3.98. The fraction of sp³-hybridized carbons (Fsp3) is 0.160. The lowest BCUT2D eigenvalue weighted by Crippen LogP contribution is -2.24. The first-order chi connectivity index (χ1) is 16.4. The lowest BCUT2D eigenvalue weighted by molar-refractivity contribution is -0.115. The van der Waals surface area contributed by atoms with Crippen LogP contribution in [0.25, 0.3) is 0 Å². The molecule has 3 aromatic rings. The van der Waals surface area contributed by atoms with Gasteiger partial charge in [-0.3, -0.25) is 9.59 Å². The fourth-order valence-corrected chi connectivity index (χ4v) is 4.41. The van der Waals surface area contributed by atoms with Crippen LogP contribution in [0.5, 0.6) is 11.5 Å². The number of thioether (sulfide) groups is 1. The summed E-state index contributed by atoms with van der Waals surface area (Å²) in [5.41, 5.74) is 1.12. The number of carboxylic acids is 1. The SMILES string of the molecule is CCC(Sc1cccc(NC(=O)c2ccccc2C(=O)O)c1)C(=O)Nc1ccc2c(c1)OCO2. The molecule has 34 heavy (non-hydrogen) atoms. The second-order valence-corrected chi connectivity index (χ2v) is 8.68. The zero-order chi connectivity index (χ0) is 24.1. The van der Waals surface area contributed by atoms with Crippen molar-refractivity contribution < 1.29 is 29.0 Å². The van der Waals surface area contributed by atoms with Crippen molar-refractivity contribution in [3.63, 3.8) is 0 Å². The van der Waals surface area contributed by atoms with Gasteiger partial charge in [0.15, 0.2) is 11.5 Å². The van der Waals surface area contributed by atoms with Crippen LogP contribution in [0.2, 0.25) is 0 Å². The summed E-state index contributed by atoms with van der Waals surface area (Å²) in [6, 6.07) is 18.3. The van der Waals surface area contributed by atoms with Gasteiger partial charge in [-0.25, -0.2) is 4.79 Å². The van der Waals surface area contributed by atoms with E-state index in [-0.39, 0.29) is 29.1 Å². The molecule has 1 aliphatic heterocycles. The predicted octanol–water partition coefficient (Wildman–Crippen LogP) is 4.88. The minimum atomic E-state index is -1.17. The highest BCUT2D eigenvalue weighted by Gasteiger charge is 2.21. The topological polar surface area (TPSA) is 114 Å². The molecule has 2 amide bonds. The molecule has 174 valence electrons. The van der Waals surface area contributed by atoms with Crippen LogP contribution in [0.15, 0.2) is 71.6 Å². The molecule has 8 nitrogen and oxygen atoms in total. The summed E-state index contributed by atoms with van der Waals surface area (Å²) >= 11 is 1.37. The highest BCUT2D eigenvalue weighted by Crippen LogP contribution is 2.35. The molecule has 3 N–H and O–H groups in total. The molecule has 0 saturated heterocycles. The summed E-state index contributed by atoms with van der Waals surface area (Å²) < 4.78 is 10.6. The highest BCUT2D eigenvalue weighted by atomic mass is 32.2. The zero-order valence-corrected chi connectivity index (χ0v) is 19.1. The molecule has 3 aromatic carbocycles. The number of rotatable bonds is 8. The number of aromatic carboxylic acids is 1. The van der Waals surface area contributed by atoms with Crippen LogP contribution in [0.1, 0.15) is 34.1 Å². The summed E-state index contributed by atoms with van der Waals surface area (Å²) in [6.07, 6.45) is 0.587. The Morgan fingerprint density at radius 1 is 0.912 bits per heavy atom. The average molecular weight is 479 g/mol. The molecule has 1 atom stereocenters. The van der Waals surface area contributed by atoms with Gasteiger partial charge in [-0.05, 0) is 48.9 Å². The highest BCUT2D eigenvalue weighted by molar-refractivity contribution is 8.00. The third-order valence-corrected chi connectivity index (χ3v) is 6.43. The Balaban J connectivity index is 1.43. The fourth-order valence-electron chi connectivity index (χ4n) is 3.40. The second kappa shape index (κ2) is 10.3. The minimum absolute atomic E-state index is 0.0718. The third-order valence-electron chi connectivity index (χ3n) is 5.08. The Kier molecular flexibility index (Phi) is 7.03. The summed E-state index contributed by atoms with van der Waals surface area (Å²) in [5.74, 6) is -0.617. The molecule has 0 radical (unpaired) electrons. The zero-order valence-electron chi connectivity index (χ0n) is 18.2. The average Bonchev–Trinajstić information content (AvgIpc) is 3.30. The van der Waals surface area contributed by atoms with E-state index in [2.05, 4.69) is 10.6 Å². The second-order valence-electron chi connectivity index (χ2n) is 7.40. The van der Waals surface area contributed by atoms with Gasteiger partial charge >= 0.3 is 5.97 Å². The maximum atomic E-state index is 12.9. The molecule has 0 fully saturated rings. The number of carbonyl (C=O) groups is 3. The molecule has 9 heteroatoms. The normalized spacial score (nSPS) is 12.6. The lowest BCUT2D eigenvalue weighted by Gasteiger charge is -2.16. The number of hydrogen-bond donors (Lipinski definition) is 3. The van der Waals surface area contributed by atoms with Crippen molar-refractivity contribution in [1.82, 2.24) is 0 Å². The molecule has 1 heterocycles. The van der Waals surface area contributed by atoms with Crippen molar-refractivity contribution in [2.24, 2.45) is 0 Å². The van der Waals surface area contributed by atoms with E-state index in [0.29, 0.717) is 29.3 Å². The Morgan fingerprint density at radius 3 is 2.41 bits per heavy atom. The van der Waals surface area contributed by atoms with Crippen molar-refractivity contribution in [2.75, 3.05) is 17.4 Å². The van der Waals surface area contributed by atoms with E-state index < -0.39 is 11.9 Å². The number of benzene rings is 3. The van der Waals surface area contributed by atoms with Crippen LogP contribution in [0.3, 0.4) is 0 Å². The molecule has 0 bridgehead atoms. The van der Waals surface area contributed by atoms with E-state index in [1.807, 2.05) is 13.0 Å². The van der Waals surface area contributed by atoms with Gasteiger partial charge in [0.2, 0.25) is 12.7 Å². The van der Waals surface area contributed by atoms with Crippen LogP contribution in [-0.4, -0.2) is 34.9 Å². The standard InChI is InChI=1S/C25H22N2O6S/c1-2-22(24(29)27-16-10-11-20-21(13-16)33-14-32-20)34-17-7-5-6-15(12-17)26-23(28)18-8-3-4-9-19(18)25(30)31/h3-13,22H,2,14H2,1H3,(H,26,28)(H,27,29)(H,30,31). The first kappa shape index (κ1) is 23.2. The van der Waals surface area contributed by atoms with E-state index in [4.69, 9.17) is 9.47 Å². The molecule has 4 rings (SSSR count). The van der Waals surface area contributed by atoms with Gasteiger partial charge in [-0.15, -0.1) is 11.8 Å². The van der Waals surface area contributed by atoms with Gasteiger partial charge in [0.1, 0.15) is 0 Å². The van der Waals surface area contributed by atoms with Crippen molar-refractivity contribution in [3.05, 3.63) is 77.9 Å². The summed E-state index contributed by atoms with van der Waals surface area (Å²) in [6.45, 7) is 2.08. The van der Waals surface area contributed by atoms with E-state index in [9.17, 15) is 19.5 Å². The maximum Gasteiger partial charge on any atom is 0.336 e. The van der Waals surface area contributed by atoms with E-state index in [1.165, 1.54) is 23.9 Å². The molecule has 1 unspecified atom stereocenters. The van der Waals surface area contributed by atoms with Crippen molar-refractivity contribution in [3.8, 4) is 11.5 Å². The van der Waals surface area contributed by atoms with Gasteiger partial charge < -0.3 is 25.2 Å². The number of carboxylic acid groups (broad SMARTS) is 1. The van der Waals surface area contributed by atoms with Crippen molar-refractivity contribution in [1.29, 1.82) is 0 Å². The largest absolute Gasteiger partial charge is 0.478 e. The summed E-state index contributed by atoms with van der Waals surface area (Å²) in [4.78, 5) is 37.7. The first-order valence-corrected chi connectivity index (χ1v) is 11.4. The van der Waals surface area contributed by atoms with E-state index in [0.717, 1.165) is 4.90 Å². The molecule has 1 aliphatic rings. The number of fused-ring (bicyclic) bond motifs is 1. The Morgan fingerprint density at radius 2 is 1.65 bits per heavy atom.